The average Bonchev–Trinajstić information content (AvgIpc) is 2.32. The fraction of sp³-hybridized carbons (Fsp3) is 1.00. The first-order chi connectivity index (χ1) is 6.16. The molecule has 78 valence electrons. The maximum atomic E-state index is 9.21. The maximum absolute atomic E-state index is 9.21. The van der Waals surface area contributed by atoms with Crippen LogP contribution in [0.25, 0.3) is 0 Å². The second-order valence-corrected chi connectivity index (χ2v) is 2.65. The Morgan fingerprint density at radius 3 is 2.38 bits per heavy atom. The van der Waals surface area contributed by atoms with Gasteiger partial charge in [0.05, 0.1) is 0 Å². The number of rotatable bonds is 4. The SMILES string of the molecule is CCOCOC1C(O)OC(O)C1O. The summed E-state index contributed by atoms with van der Waals surface area (Å²) >= 11 is 0. The molecule has 1 aliphatic rings. The van der Waals surface area contributed by atoms with E-state index in [1.54, 1.807) is 6.92 Å². The van der Waals surface area contributed by atoms with Gasteiger partial charge in [0.1, 0.15) is 19.0 Å². The standard InChI is InChI=1S/C7H14O6/c1-2-11-3-12-5-4(8)6(9)13-7(5)10/h4-10H,2-3H2,1H3. The second-order valence-electron chi connectivity index (χ2n) is 2.65. The smallest absolute Gasteiger partial charge is 0.187 e. The Labute approximate surface area is 75.6 Å². The number of aliphatic hydroxyl groups is 3. The first kappa shape index (κ1) is 10.8. The zero-order valence-electron chi connectivity index (χ0n) is 7.29. The third-order valence-corrected chi connectivity index (χ3v) is 1.74. The number of ether oxygens (including phenoxy) is 3. The number of hydrogen-bond donors (Lipinski definition) is 3. The van der Waals surface area contributed by atoms with Gasteiger partial charge in [0.25, 0.3) is 0 Å². The van der Waals surface area contributed by atoms with Gasteiger partial charge in [0, 0.05) is 6.61 Å². The van der Waals surface area contributed by atoms with Crippen LogP contribution in [0.3, 0.4) is 0 Å². The highest BCUT2D eigenvalue weighted by molar-refractivity contribution is 4.80. The van der Waals surface area contributed by atoms with Crippen molar-refractivity contribution in [2.45, 2.75) is 31.7 Å². The van der Waals surface area contributed by atoms with Gasteiger partial charge in [-0.3, -0.25) is 0 Å². The lowest BCUT2D eigenvalue weighted by atomic mass is 10.2. The van der Waals surface area contributed by atoms with Crippen LogP contribution >= 0.6 is 0 Å². The van der Waals surface area contributed by atoms with Crippen molar-refractivity contribution < 1.29 is 29.5 Å². The van der Waals surface area contributed by atoms with Crippen LogP contribution in [0.15, 0.2) is 0 Å². The van der Waals surface area contributed by atoms with Gasteiger partial charge in [-0.2, -0.15) is 0 Å². The summed E-state index contributed by atoms with van der Waals surface area (Å²) in [6, 6.07) is 0. The van der Waals surface area contributed by atoms with Crippen molar-refractivity contribution in [3.63, 3.8) is 0 Å². The Kier molecular flexibility index (Phi) is 4.04. The fourth-order valence-corrected chi connectivity index (χ4v) is 1.02. The van der Waals surface area contributed by atoms with E-state index in [0.717, 1.165) is 0 Å². The van der Waals surface area contributed by atoms with Gasteiger partial charge in [-0.25, -0.2) is 0 Å². The van der Waals surface area contributed by atoms with Crippen LogP contribution in [0, 0.1) is 0 Å². The molecule has 1 rings (SSSR count). The third-order valence-electron chi connectivity index (χ3n) is 1.74. The molecule has 0 aliphatic carbocycles. The van der Waals surface area contributed by atoms with Crippen LogP contribution in [0.5, 0.6) is 0 Å². The summed E-state index contributed by atoms with van der Waals surface area (Å²) < 4.78 is 14.3. The highest BCUT2D eigenvalue weighted by atomic mass is 16.7. The Morgan fingerprint density at radius 2 is 1.92 bits per heavy atom. The lowest BCUT2D eigenvalue weighted by Gasteiger charge is -2.16. The van der Waals surface area contributed by atoms with E-state index in [1.165, 1.54) is 0 Å². The van der Waals surface area contributed by atoms with Gasteiger partial charge in [0.2, 0.25) is 0 Å². The molecule has 1 aliphatic heterocycles. The summed E-state index contributed by atoms with van der Waals surface area (Å²) in [5.41, 5.74) is 0. The van der Waals surface area contributed by atoms with E-state index in [1.807, 2.05) is 0 Å². The summed E-state index contributed by atoms with van der Waals surface area (Å²) in [5.74, 6) is 0. The lowest BCUT2D eigenvalue weighted by Crippen LogP contribution is -2.35. The van der Waals surface area contributed by atoms with Crippen molar-refractivity contribution in [3.05, 3.63) is 0 Å². The molecular formula is C7H14O6. The maximum Gasteiger partial charge on any atom is 0.187 e. The van der Waals surface area contributed by atoms with Crippen LogP contribution < -0.4 is 0 Å². The van der Waals surface area contributed by atoms with Gasteiger partial charge in [0.15, 0.2) is 12.6 Å². The molecule has 1 fully saturated rings. The molecule has 1 heterocycles. The van der Waals surface area contributed by atoms with E-state index in [9.17, 15) is 5.11 Å². The lowest BCUT2D eigenvalue weighted by molar-refractivity contribution is -0.195. The number of aliphatic hydroxyl groups excluding tert-OH is 3. The van der Waals surface area contributed by atoms with Crippen LogP contribution in [-0.4, -0.2) is 53.5 Å². The molecule has 0 radical (unpaired) electrons. The third kappa shape index (κ3) is 2.60. The van der Waals surface area contributed by atoms with E-state index < -0.39 is 24.8 Å². The van der Waals surface area contributed by atoms with Crippen LogP contribution in [0.1, 0.15) is 6.92 Å². The van der Waals surface area contributed by atoms with Crippen LogP contribution in [-0.2, 0) is 14.2 Å². The monoisotopic (exact) mass is 194 g/mol. The minimum atomic E-state index is -1.40. The highest BCUT2D eigenvalue weighted by Gasteiger charge is 2.42. The first-order valence-electron chi connectivity index (χ1n) is 4.05. The van der Waals surface area contributed by atoms with Gasteiger partial charge in [-0.1, -0.05) is 0 Å². The topological polar surface area (TPSA) is 88.4 Å². The van der Waals surface area contributed by atoms with Gasteiger partial charge in [-0.05, 0) is 6.92 Å². The zero-order valence-corrected chi connectivity index (χ0v) is 7.29. The summed E-state index contributed by atoms with van der Waals surface area (Å²) in [4.78, 5) is 0. The van der Waals surface area contributed by atoms with Gasteiger partial charge < -0.3 is 29.5 Å². The predicted molar refractivity (Wildman–Crippen MR) is 40.5 cm³/mol. The molecule has 0 spiro atoms. The summed E-state index contributed by atoms with van der Waals surface area (Å²) in [5, 5.41) is 27.3. The predicted octanol–water partition coefficient (Wildman–Crippen LogP) is -1.61. The molecule has 6 heteroatoms. The molecule has 3 N–H and O–H groups in total. The van der Waals surface area contributed by atoms with E-state index in [4.69, 9.17) is 19.7 Å². The number of hydrogen-bond acceptors (Lipinski definition) is 6. The summed E-state index contributed by atoms with van der Waals surface area (Å²) in [6.07, 6.45) is -4.91. The normalized spacial score (nSPS) is 39.7. The zero-order chi connectivity index (χ0) is 9.84. The molecule has 0 bridgehead atoms. The van der Waals surface area contributed by atoms with E-state index in [2.05, 4.69) is 4.74 Å². The van der Waals surface area contributed by atoms with E-state index in [0.29, 0.717) is 6.61 Å². The van der Waals surface area contributed by atoms with E-state index >= 15 is 0 Å². The van der Waals surface area contributed by atoms with Crippen molar-refractivity contribution >= 4 is 0 Å². The van der Waals surface area contributed by atoms with Crippen molar-refractivity contribution in [2.24, 2.45) is 0 Å². The quantitative estimate of drug-likeness (QED) is 0.369. The largest absolute Gasteiger partial charge is 0.385 e. The molecule has 0 aromatic heterocycles. The van der Waals surface area contributed by atoms with Crippen molar-refractivity contribution in [3.8, 4) is 0 Å². The van der Waals surface area contributed by atoms with Crippen molar-refractivity contribution in [1.82, 2.24) is 0 Å². The Bertz CT molecular complexity index is 152. The molecule has 0 aromatic rings. The molecule has 0 amide bonds. The summed E-state index contributed by atoms with van der Waals surface area (Å²) in [7, 11) is 0. The molecule has 4 atom stereocenters. The highest BCUT2D eigenvalue weighted by Crippen LogP contribution is 2.20. The molecule has 13 heavy (non-hydrogen) atoms. The molecule has 4 unspecified atom stereocenters. The van der Waals surface area contributed by atoms with Gasteiger partial charge in [-0.15, -0.1) is 0 Å². The van der Waals surface area contributed by atoms with Crippen molar-refractivity contribution in [2.75, 3.05) is 13.4 Å². The molecule has 0 saturated carbocycles. The van der Waals surface area contributed by atoms with Crippen molar-refractivity contribution in [1.29, 1.82) is 0 Å². The fourth-order valence-electron chi connectivity index (χ4n) is 1.02. The van der Waals surface area contributed by atoms with E-state index in [-0.39, 0.29) is 6.79 Å². The summed E-state index contributed by atoms with van der Waals surface area (Å²) in [6.45, 7) is 2.21. The average molecular weight is 194 g/mol. The minimum absolute atomic E-state index is 0.0502. The second kappa shape index (κ2) is 4.85. The first-order valence-corrected chi connectivity index (χ1v) is 4.05. The Morgan fingerprint density at radius 1 is 1.23 bits per heavy atom. The molecule has 6 nitrogen and oxygen atoms in total. The van der Waals surface area contributed by atoms with Crippen LogP contribution in [0.4, 0.5) is 0 Å². The minimum Gasteiger partial charge on any atom is -0.385 e. The van der Waals surface area contributed by atoms with Gasteiger partial charge >= 0.3 is 0 Å². The molecular weight excluding hydrogens is 180 g/mol. The molecule has 1 saturated heterocycles. The van der Waals surface area contributed by atoms with Crippen LogP contribution in [0.2, 0.25) is 0 Å². The Balaban J connectivity index is 2.31. The molecule has 0 aromatic carbocycles. The Hall–Kier alpha value is -0.240.